The van der Waals surface area contributed by atoms with Gasteiger partial charge in [0.2, 0.25) is 0 Å². The molecule has 0 unspecified atom stereocenters. The Labute approximate surface area is 107 Å². The molecule has 90 valence electrons. The fraction of sp³-hybridized carbons (Fsp3) is 0.188. The second-order valence-corrected chi connectivity index (χ2v) is 4.72. The maximum absolute atomic E-state index is 4.69. The molecule has 3 aromatic rings. The standard InChI is InChI=1S/C16H16N2/c1-11-7-4-5-9-14(11)18-13(3)17-16-12(2)8-6-10-15(16)18/h4-10H,1-3H3. The number of rotatable bonds is 1. The topological polar surface area (TPSA) is 17.8 Å². The van der Waals surface area contributed by atoms with Crippen molar-refractivity contribution in [3.05, 3.63) is 59.4 Å². The third-order valence-electron chi connectivity index (χ3n) is 3.41. The van der Waals surface area contributed by atoms with E-state index in [4.69, 9.17) is 4.98 Å². The molecule has 0 aliphatic carbocycles. The summed E-state index contributed by atoms with van der Waals surface area (Å²) >= 11 is 0. The molecule has 0 fully saturated rings. The smallest absolute Gasteiger partial charge is 0.111 e. The Hall–Kier alpha value is -2.09. The molecule has 2 nitrogen and oxygen atoms in total. The highest BCUT2D eigenvalue weighted by molar-refractivity contribution is 5.81. The first-order valence-corrected chi connectivity index (χ1v) is 6.19. The van der Waals surface area contributed by atoms with Crippen LogP contribution >= 0.6 is 0 Å². The van der Waals surface area contributed by atoms with Crippen LogP contribution in [0.1, 0.15) is 17.0 Å². The summed E-state index contributed by atoms with van der Waals surface area (Å²) in [7, 11) is 0. The Morgan fingerprint density at radius 2 is 1.56 bits per heavy atom. The summed E-state index contributed by atoms with van der Waals surface area (Å²) < 4.78 is 2.23. The molecule has 0 spiro atoms. The van der Waals surface area contributed by atoms with Crippen LogP contribution in [0, 0.1) is 20.8 Å². The van der Waals surface area contributed by atoms with Crippen molar-refractivity contribution in [2.75, 3.05) is 0 Å². The van der Waals surface area contributed by atoms with Gasteiger partial charge in [-0.1, -0.05) is 30.3 Å². The summed E-state index contributed by atoms with van der Waals surface area (Å²) in [5.74, 6) is 1.04. The van der Waals surface area contributed by atoms with Crippen LogP contribution in [0.5, 0.6) is 0 Å². The first-order valence-electron chi connectivity index (χ1n) is 6.19. The number of imidazole rings is 1. The van der Waals surface area contributed by atoms with Crippen LogP contribution in [0.4, 0.5) is 0 Å². The lowest BCUT2D eigenvalue weighted by atomic mass is 10.1. The molecule has 0 atom stereocenters. The van der Waals surface area contributed by atoms with Gasteiger partial charge in [-0.15, -0.1) is 0 Å². The van der Waals surface area contributed by atoms with Gasteiger partial charge in [-0.3, -0.25) is 4.57 Å². The number of para-hydroxylation sites is 2. The number of hydrogen-bond acceptors (Lipinski definition) is 1. The largest absolute Gasteiger partial charge is 0.296 e. The third kappa shape index (κ3) is 1.53. The van der Waals surface area contributed by atoms with Crippen molar-refractivity contribution in [2.24, 2.45) is 0 Å². The Bertz CT molecular complexity index is 723. The van der Waals surface area contributed by atoms with Crippen LogP contribution in [0.2, 0.25) is 0 Å². The molecule has 0 N–H and O–H groups in total. The number of benzene rings is 2. The molecule has 18 heavy (non-hydrogen) atoms. The van der Waals surface area contributed by atoms with Crippen LogP contribution in [-0.2, 0) is 0 Å². The minimum absolute atomic E-state index is 1.04. The van der Waals surface area contributed by atoms with Gasteiger partial charge in [0.05, 0.1) is 16.7 Å². The molecule has 2 heteroatoms. The first-order chi connectivity index (χ1) is 8.68. The van der Waals surface area contributed by atoms with Gasteiger partial charge >= 0.3 is 0 Å². The predicted octanol–water partition coefficient (Wildman–Crippen LogP) is 3.95. The minimum Gasteiger partial charge on any atom is -0.296 e. The molecular weight excluding hydrogens is 220 g/mol. The Balaban J connectivity index is 2.40. The molecule has 0 amide bonds. The molecule has 0 aliphatic rings. The monoisotopic (exact) mass is 236 g/mol. The van der Waals surface area contributed by atoms with Gasteiger partial charge in [0.25, 0.3) is 0 Å². The lowest BCUT2D eigenvalue weighted by Gasteiger charge is -2.10. The van der Waals surface area contributed by atoms with E-state index in [1.165, 1.54) is 22.3 Å². The average molecular weight is 236 g/mol. The zero-order chi connectivity index (χ0) is 12.7. The first kappa shape index (κ1) is 11.0. The fourth-order valence-electron chi connectivity index (χ4n) is 2.47. The van der Waals surface area contributed by atoms with E-state index in [9.17, 15) is 0 Å². The van der Waals surface area contributed by atoms with Gasteiger partial charge in [-0.05, 0) is 44.0 Å². The molecule has 0 saturated heterocycles. The van der Waals surface area contributed by atoms with E-state index in [2.05, 4.69) is 67.8 Å². The Kier molecular flexibility index (Phi) is 2.44. The van der Waals surface area contributed by atoms with Crippen molar-refractivity contribution in [3.63, 3.8) is 0 Å². The minimum atomic E-state index is 1.04. The quantitative estimate of drug-likeness (QED) is 0.625. The highest BCUT2D eigenvalue weighted by Gasteiger charge is 2.11. The van der Waals surface area contributed by atoms with Gasteiger partial charge in [0.1, 0.15) is 5.82 Å². The Morgan fingerprint density at radius 1 is 0.833 bits per heavy atom. The van der Waals surface area contributed by atoms with Gasteiger partial charge < -0.3 is 0 Å². The summed E-state index contributed by atoms with van der Waals surface area (Å²) in [5, 5.41) is 0. The fourth-order valence-corrected chi connectivity index (χ4v) is 2.47. The normalized spacial score (nSPS) is 11.1. The second-order valence-electron chi connectivity index (χ2n) is 4.72. The van der Waals surface area contributed by atoms with Gasteiger partial charge in [-0.25, -0.2) is 4.98 Å². The van der Waals surface area contributed by atoms with E-state index in [1.54, 1.807) is 0 Å². The molecular formula is C16H16N2. The molecule has 1 aromatic heterocycles. The van der Waals surface area contributed by atoms with E-state index in [1.807, 2.05) is 0 Å². The van der Waals surface area contributed by atoms with Crippen LogP contribution in [0.15, 0.2) is 42.5 Å². The Morgan fingerprint density at radius 3 is 2.33 bits per heavy atom. The summed E-state index contributed by atoms with van der Waals surface area (Å²) in [6.07, 6.45) is 0. The van der Waals surface area contributed by atoms with E-state index in [-0.39, 0.29) is 0 Å². The number of fused-ring (bicyclic) bond motifs is 1. The number of hydrogen-bond donors (Lipinski definition) is 0. The summed E-state index contributed by atoms with van der Waals surface area (Å²) in [5.41, 5.74) is 5.98. The maximum Gasteiger partial charge on any atom is 0.111 e. The van der Waals surface area contributed by atoms with E-state index in [0.717, 1.165) is 11.3 Å². The lowest BCUT2D eigenvalue weighted by Crippen LogP contribution is -1.98. The van der Waals surface area contributed by atoms with Crippen molar-refractivity contribution < 1.29 is 0 Å². The van der Waals surface area contributed by atoms with Crippen LogP contribution in [-0.4, -0.2) is 9.55 Å². The summed E-state index contributed by atoms with van der Waals surface area (Å²) in [6.45, 7) is 6.30. The molecule has 0 bridgehead atoms. The molecule has 0 radical (unpaired) electrons. The number of aryl methyl sites for hydroxylation is 3. The van der Waals surface area contributed by atoms with Crippen molar-refractivity contribution in [1.29, 1.82) is 0 Å². The third-order valence-corrected chi connectivity index (χ3v) is 3.41. The predicted molar refractivity (Wildman–Crippen MR) is 75.3 cm³/mol. The second kappa shape index (κ2) is 3.98. The summed E-state index contributed by atoms with van der Waals surface area (Å²) in [6, 6.07) is 14.8. The molecule has 0 saturated carbocycles. The van der Waals surface area contributed by atoms with E-state index in [0.29, 0.717) is 0 Å². The number of nitrogens with zero attached hydrogens (tertiary/aromatic N) is 2. The van der Waals surface area contributed by atoms with E-state index < -0.39 is 0 Å². The maximum atomic E-state index is 4.69. The highest BCUT2D eigenvalue weighted by Crippen LogP contribution is 2.25. The number of aromatic nitrogens is 2. The van der Waals surface area contributed by atoms with Gasteiger partial charge in [0.15, 0.2) is 0 Å². The van der Waals surface area contributed by atoms with Gasteiger partial charge in [-0.2, -0.15) is 0 Å². The van der Waals surface area contributed by atoms with Crippen LogP contribution in [0.25, 0.3) is 16.7 Å². The highest BCUT2D eigenvalue weighted by atomic mass is 15.1. The molecule has 3 rings (SSSR count). The van der Waals surface area contributed by atoms with Crippen molar-refractivity contribution in [2.45, 2.75) is 20.8 Å². The average Bonchev–Trinajstić information content (AvgIpc) is 2.68. The molecule has 0 aliphatic heterocycles. The lowest BCUT2D eigenvalue weighted by molar-refractivity contribution is 0.990. The van der Waals surface area contributed by atoms with Crippen molar-refractivity contribution >= 4 is 11.0 Å². The zero-order valence-electron chi connectivity index (χ0n) is 10.9. The molecule has 2 aromatic carbocycles. The SMILES string of the molecule is Cc1ccccc1-n1c(C)nc2c(C)cccc21. The zero-order valence-corrected chi connectivity index (χ0v) is 10.9. The van der Waals surface area contributed by atoms with E-state index >= 15 is 0 Å². The van der Waals surface area contributed by atoms with Crippen molar-refractivity contribution in [3.8, 4) is 5.69 Å². The van der Waals surface area contributed by atoms with Gasteiger partial charge in [0, 0.05) is 0 Å². The van der Waals surface area contributed by atoms with Crippen molar-refractivity contribution in [1.82, 2.24) is 9.55 Å². The summed E-state index contributed by atoms with van der Waals surface area (Å²) in [4.78, 5) is 4.69. The van der Waals surface area contributed by atoms with Crippen LogP contribution in [0.3, 0.4) is 0 Å². The van der Waals surface area contributed by atoms with Crippen LogP contribution < -0.4 is 0 Å². The molecule has 1 heterocycles.